The first kappa shape index (κ1) is 20.2. The largest absolute Gasteiger partial charge is 0.459 e. The minimum atomic E-state index is -2.29. The van der Waals surface area contributed by atoms with Gasteiger partial charge >= 0.3 is 5.97 Å². The SMILES string of the molecule is CCC(CC)OC(=O)C=P(c1ccccc1)(c1ccccc1)c1ccccc1. The molecule has 0 bridgehead atoms. The van der Waals surface area contributed by atoms with Crippen molar-refractivity contribution in [1.82, 2.24) is 0 Å². The number of benzene rings is 3. The second-order valence-corrected chi connectivity index (χ2v) is 9.99. The van der Waals surface area contributed by atoms with Crippen molar-refractivity contribution in [2.24, 2.45) is 0 Å². The zero-order valence-corrected chi connectivity index (χ0v) is 17.4. The monoisotopic (exact) mass is 390 g/mol. The maximum absolute atomic E-state index is 13.1. The van der Waals surface area contributed by atoms with Gasteiger partial charge in [-0.1, -0.05) is 105 Å². The van der Waals surface area contributed by atoms with Gasteiger partial charge in [-0.05, 0) is 35.6 Å². The van der Waals surface area contributed by atoms with Crippen molar-refractivity contribution in [3.63, 3.8) is 0 Å². The lowest BCUT2D eigenvalue weighted by Gasteiger charge is -2.28. The van der Waals surface area contributed by atoms with E-state index in [9.17, 15) is 4.79 Å². The van der Waals surface area contributed by atoms with Gasteiger partial charge in [-0.3, -0.25) is 0 Å². The van der Waals surface area contributed by atoms with Crippen LogP contribution in [0, 0.1) is 0 Å². The molecule has 0 aliphatic heterocycles. The van der Waals surface area contributed by atoms with Gasteiger partial charge in [0.1, 0.15) is 6.10 Å². The predicted molar refractivity (Wildman–Crippen MR) is 122 cm³/mol. The highest BCUT2D eigenvalue weighted by atomic mass is 31.2. The van der Waals surface area contributed by atoms with E-state index < -0.39 is 6.89 Å². The average molecular weight is 390 g/mol. The summed E-state index contributed by atoms with van der Waals surface area (Å²) in [5.74, 6) is 1.62. The number of ether oxygens (including phenoxy) is 1. The Balaban J connectivity index is 2.28. The molecule has 3 aromatic carbocycles. The van der Waals surface area contributed by atoms with E-state index in [2.05, 4.69) is 50.2 Å². The molecule has 0 saturated heterocycles. The lowest BCUT2D eigenvalue weighted by molar-refractivity contribution is -0.140. The maximum Gasteiger partial charge on any atom is 0.332 e. The third-order valence-corrected chi connectivity index (χ3v) is 8.92. The number of carbonyl (C=O) groups is 1. The van der Waals surface area contributed by atoms with Crippen molar-refractivity contribution in [3.05, 3.63) is 91.0 Å². The quantitative estimate of drug-likeness (QED) is 0.438. The van der Waals surface area contributed by atoms with E-state index in [-0.39, 0.29) is 12.1 Å². The van der Waals surface area contributed by atoms with Crippen LogP contribution in [0.5, 0.6) is 0 Å². The van der Waals surface area contributed by atoms with Gasteiger partial charge < -0.3 is 4.74 Å². The fourth-order valence-electron chi connectivity index (χ4n) is 3.47. The Morgan fingerprint density at radius 3 is 1.43 bits per heavy atom. The molecule has 0 radical (unpaired) electrons. The van der Waals surface area contributed by atoms with Gasteiger partial charge in [0.25, 0.3) is 0 Å². The van der Waals surface area contributed by atoms with E-state index in [4.69, 9.17) is 4.74 Å². The topological polar surface area (TPSA) is 26.3 Å². The van der Waals surface area contributed by atoms with Crippen molar-refractivity contribution >= 4 is 34.6 Å². The molecule has 0 amide bonds. The summed E-state index contributed by atoms with van der Waals surface area (Å²) in [4.78, 5) is 13.1. The molecule has 0 N–H and O–H groups in total. The van der Waals surface area contributed by atoms with Crippen LogP contribution in [0.2, 0.25) is 0 Å². The number of rotatable bonds is 7. The number of esters is 1. The highest BCUT2D eigenvalue weighted by molar-refractivity contribution is 7.95. The predicted octanol–water partition coefficient (Wildman–Crippen LogP) is 4.51. The molecule has 144 valence electrons. The second-order valence-electron chi connectivity index (χ2n) is 6.73. The van der Waals surface area contributed by atoms with E-state index in [0.717, 1.165) is 28.8 Å². The van der Waals surface area contributed by atoms with Gasteiger partial charge in [0.2, 0.25) is 0 Å². The van der Waals surface area contributed by atoms with Crippen LogP contribution in [-0.2, 0) is 9.53 Å². The first-order valence-electron chi connectivity index (χ1n) is 9.82. The van der Waals surface area contributed by atoms with Gasteiger partial charge in [0.15, 0.2) is 0 Å². The summed E-state index contributed by atoms with van der Waals surface area (Å²) in [6.45, 7) is 1.82. The van der Waals surface area contributed by atoms with Gasteiger partial charge in [0.05, 0.1) is 0 Å². The van der Waals surface area contributed by atoms with E-state index in [1.807, 2.05) is 60.4 Å². The van der Waals surface area contributed by atoms with Crippen molar-refractivity contribution < 1.29 is 9.53 Å². The van der Waals surface area contributed by atoms with Gasteiger partial charge in [0, 0.05) is 5.80 Å². The number of hydrogen-bond donors (Lipinski definition) is 0. The van der Waals surface area contributed by atoms with E-state index in [1.165, 1.54) is 0 Å². The van der Waals surface area contributed by atoms with Crippen molar-refractivity contribution in [2.45, 2.75) is 32.8 Å². The lowest BCUT2D eigenvalue weighted by atomic mass is 10.2. The molecule has 0 saturated carbocycles. The van der Waals surface area contributed by atoms with Gasteiger partial charge in [-0.25, -0.2) is 4.79 Å². The molecule has 0 fully saturated rings. The summed E-state index contributed by atoms with van der Waals surface area (Å²) >= 11 is 0. The van der Waals surface area contributed by atoms with Crippen LogP contribution in [0.15, 0.2) is 91.0 Å². The minimum absolute atomic E-state index is 0.0482. The van der Waals surface area contributed by atoms with Gasteiger partial charge in [-0.15, -0.1) is 0 Å². The molecule has 3 heteroatoms. The molecule has 0 atom stereocenters. The van der Waals surface area contributed by atoms with Gasteiger partial charge in [-0.2, -0.15) is 0 Å². The van der Waals surface area contributed by atoms with Crippen LogP contribution in [0.1, 0.15) is 26.7 Å². The van der Waals surface area contributed by atoms with Crippen LogP contribution in [0.3, 0.4) is 0 Å². The van der Waals surface area contributed by atoms with E-state index in [1.54, 1.807) is 0 Å². The fraction of sp³-hybridized carbons (Fsp3) is 0.200. The summed E-state index contributed by atoms with van der Waals surface area (Å²) in [6, 6.07) is 31.0. The number of carbonyl (C=O) groups excluding carboxylic acids is 1. The zero-order valence-electron chi connectivity index (χ0n) is 16.5. The molecule has 3 aromatic rings. The molecule has 2 nitrogen and oxygen atoms in total. The highest BCUT2D eigenvalue weighted by Gasteiger charge is 2.27. The maximum atomic E-state index is 13.1. The first-order valence-corrected chi connectivity index (χ1v) is 11.7. The summed E-state index contributed by atoms with van der Waals surface area (Å²) in [6.07, 6.45) is 1.60. The Morgan fingerprint density at radius 2 is 1.11 bits per heavy atom. The Labute approximate surface area is 168 Å². The molecule has 28 heavy (non-hydrogen) atoms. The first-order chi connectivity index (χ1) is 13.7. The summed E-state index contributed by atoms with van der Waals surface area (Å²) in [5.41, 5.74) is 0. The molecule has 0 aromatic heterocycles. The summed E-state index contributed by atoms with van der Waals surface area (Å²) < 4.78 is 5.80. The molecular formula is C25H27O2P. The standard InChI is InChI=1S/C25H27O2P/c1-3-21(4-2)27-25(26)20-28(22-14-8-5-9-15-22,23-16-10-6-11-17-23)24-18-12-7-13-19-24/h5-21H,3-4H2,1-2H3. The molecule has 0 unspecified atom stereocenters. The molecule has 0 spiro atoms. The van der Waals surface area contributed by atoms with E-state index in [0.29, 0.717) is 0 Å². The third kappa shape index (κ3) is 4.29. The zero-order chi connectivity index (χ0) is 19.8. The van der Waals surface area contributed by atoms with Crippen molar-refractivity contribution in [2.75, 3.05) is 0 Å². The Hall–Kier alpha value is -2.57. The average Bonchev–Trinajstić information content (AvgIpc) is 2.77. The minimum Gasteiger partial charge on any atom is -0.459 e. The van der Waals surface area contributed by atoms with Crippen LogP contribution >= 0.6 is 6.89 Å². The van der Waals surface area contributed by atoms with Crippen molar-refractivity contribution in [1.29, 1.82) is 0 Å². The second kappa shape index (κ2) is 9.57. The Bertz CT molecular complexity index is 827. The molecule has 3 rings (SSSR count). The summed E-state index contributed by atoms with van der Waals surface area (Å²) in [7, 11) is 0. The van der Waals surface area contributed by atoms with Crippen LogP contribution in [0.4, 0.5) is 0 Å². The molecular weight excluding hydrogens is 363 g/mol. The number of hydrogen-bond acceptors (Lipinski definition) is 2. The lowest BCUT2D eigenvalue weighted by Crippen LogP contribution is -2.30. The Kier molecular flexibility index (Phi) is 6.90. The van der Waals surface area contributed by atoms with Crippen LogP contribution < -0.4 is 15.9 Å². The molecule has 0 heterocycles. The smallest absolute Gasteiger partial charge is 0.332 e. The van der Waals surface area contributed by atoms with Crippen LogP contribution in [-0.4, -0.2) is 17.9 Å². The fourth-order valence-corrected chi connectivity index (χ4v) is 7.11. The Morgan fingerprint density at radius 1 is 0.750 bits per heavy atom. The molecule has 0 aliphatic rings. The third-order valence-electron chi connectivity index (χ3n) is 4.98. The van der Waals surface area contributed by atoms with E-state index >= 15 is 0 Å². The highest BCUT2D eigenvalue weighted by Crippen LogP contribution is 2.43. The molecule has 0 aliphatic carbocycles. The van der Waals surface area contributed by atoms with Crippen molar-refractivity contribution in [3.8, 4) is 0 Å². The van der Waals surface area contributed by atoms with Crippen LogP contribution in [0.25, 0.3) is 0 Å². The summed E-state index contributed by atoms with van der Waals surface area (Å²) in [5, 5.41) is 3.44. The normalized spacial score (nSPS) is 11.2.